The number of fused-ring (bicyclic) bond motifs is 1. The number of benzene rings is 2. The van der Waals surface area contributed by atoms with Gasteiger partial charge in [-0.15, -0.1) is 0 Å². The van der Waals surface area contributed by atoms with Gasteiger partial charge in [-0.25, -0.2) is 4.99 Å². The molecule has 0 bridgehead atoms. The number of anilines is 1. The average Bonchev–Trinajstić information content (AvgIpc) is 2.88. The van der Waals surface area contributed by atoms with E-state index in [1.54, 1.807) is 19.2 Å². The van der Waals surface area contributed by atoms with E-state index in [1.165, 1.54) is 11.8 Å². The molecule has 0 saturated carbocycles. The van der Waals surface area contributed by atoms with Crippen LogP contribution in [0.1, 0.15) is 31.9 Å². The van der Waals surface area contributed by atoms with E-state index in [-0.39, 0.29) is 5.92 Å². The van der Waals surface area contributed by atoms with Crippen LogP contribution in [-0.2, 0) is 14.4 Å². The van der Waals surface area contributed by atoms with Gasteiger partial charge in [-0.05, 0) is 18.9 Å². The van der Waals surface area contributed by atoms with E-state index >= 15 is 0 Å². The molecule has 0 aromatic heterocycles. The molecule has 3 atom stereocenters. The summed E-state index contributed by atoms with van der Waals surface area (Å²) >= 11 is 4.30. The summed E-state index contributed by atoms with van der Waals surface area (Å²) in [6.45, 7) is 5.20. The lowest BCUT2D eigenvalue weighted by Gasteiger charge is -2.29. The molecule has 0 radical (unpaired) electrons. The third kappa shape index (κ3) is 4.33. The van der Waals surface area contributed by atoms with Gasteiger partial charge in [0.05, 0.1) is 22.7 Å². The molecular weight excluding hydrogens is 424 g/mol. The highest BCUT2D eigenvalue weighted by atomic mass is 32.1. The van der Waals surface area contributed by atoms with Gasteiger partial charge in [-0.1, -0.05) is 62.4 Å². The second kappa shape index (κ2) is 9.26. The van der Waals surface area contributed by atoms with Crippen molar-refractivity contribution in [3.05, 3.63) is 65.7 Å². The predicted molar refractivity (Wildman–Crippen MR) is 129 cm³/mol. The highest BCUT2D eigenvalue weighted by Gasteiger charge is 2.48. The molecule has 1 aliphatic heterocycles. The van der Waals surface area contributed by atoms with Crippen LogP contribution in [0.15, 0.2) is 59.6 Å². The number of amides is 2. The van der Waals surface area contributed by atoms with Crippen molar-refractivity contribution >= 4 is 41.6 Å². The highest BCUT2D eigenvalue weighted by Crippen LogP contribution is 2.30. The number of thiol groups is 1. The molecule has 8 heteroatoms. The summed E-state index contributed by atoms with van der Waals surface area (Å²) in [6, 6.07) is 15.5. The minimum Gasteiger partial charge on any atom is -0.345 e. The maximum absolute atomic E-state index is 13.5. The van der Waals surface area contributed by atoms with Crippen LogP contribution in [0.3, 0.4) is 0 Å². The molecule has 3 rings (SSSR count). The first-order valence-corrected chi connectivity index (χ1v) is 10.9. The first-order valence-electron chi connectivity index (χ1n) is 10.4. The fourth-order valence-corrected chi connectivity index (χ4v) is 3.66. The van der Waals surface area contributed by atoms with Gasteiger partial charge in [-0.3, -0.25) is 20.1 Å². The minimum atomic E-state index is -2.21. The number of likely N-dealkylation sites (N-methyl/N-ethyl adjacent to an activating group) is 1. The Morgan fingerprint density at radius 1 is 1.06 bits per heavy atom. The molecule has 1 aliphatic rings. The van der Waals surface area contributed by atoms with Gasteiger partial charge in [0.2, 0.25) is 17.4 Å². The normalized spacial score (nSPS) is 20.2. The van der Waals surface area contributed by atoms with Crippen molar-refractivity contribution in [1.29, 1.82) is 0 Å². The number of hydrogen-bond acceptors (Lipinski definition) is 6. The Kier molecular flexibility index (Phi) is 6.85. The van der Waals surface area contributed by atoms with Crippen molar-refractivity contribution in [2.45, 2.75) is 37.7 Å². The number of hydrogen-bond donors (Lipinski definition) is 3. The lowest BCUT2D eigenvalue weighted by molar-refractivity contribution is -0.136. The Labute approximate surface area is 193 Å². The molecule has 2 amide bonds. The second-order valence-corrected chi connectivity index (χ2v) is 8.81. The zero-order valence-corrected chi connectivity index (χ0v) is 19.5. The summed E-state index contributed by atoms with van der Waals surface area (Å²) in [6.07, 6.45) is 0. The highest BCUT2D eigenvalue weighted by molar-refractivity contribution is 7.81. The molecule has 2 aromatic rings. The molecule has 7 nitrogen and oxygen atoms in total. The van der Waals surface area contributed by atoms with E-state index in [2.05, 4.69) is 22.9 Å². The number of carbonyl (C=O) groups excluding carboxylic acids is 3. The molecule has 0 fully saturated rings. The zero-order valence-electron chi connectivity index (χ0n) is 18.6. The van der Waals surface area contributed by atoms with E-state index < -0.39 is 34.6 Å². The molecular formula is C24H28N4O3S. The van der Waals surface area contributed by atoms with Crippen LogP contribution >= 0.6 is 12.6 Å². The molecule has 2 unspecified atom stereocenters. The average molecular weight is 453 g/mol. The van der Waals surface area contributed by atoms with Crippen molar-refractivity contribution in [2.24, 2.45) is 16.6 Å². The van der Waals surface area contributed by atoms with Crippen molar-refractivity contribution < 1.29 is 14.4 Å². The van der Waals surface area contributed by atoms with Gasteiger partial charge in [0, 0.05) is 18.2 Å². The quantitative estimate of drug-likeness (QED) is 0.462. The maximum atomic E-state index is 13.5. The monoisotopic (exact) mass is 452 g/mol. The van der Waals surface area contributed by atoms with Crippen LogP contribution in [0, 0.1) is 5.92 Å². The largest absolute Gasteiger partial charge is 0.345 e. The van der Waals surface area contributed by atoms with Gasteiger partial charge >= 0.3 is 0 Å². The molecule has 168 valence electrons. The van der Waals surface area contributed by atoms with E-state index in [0.717, 1.165) is 5.56 Å². The maximum Gasteiger partial charge on any atom is 0.277 e. The van der Waals surface area contributed by atoms with Crippen molar-refractivity contribution in [1.82, 2.24) is 5.32 Å². The Morgan fingerprint density at radius 3 is 2.28 bits per heavy atom. The summed E-state index contributed by atoms with van der Waals surface area (Å²) in [5, 5.41) is 2.03. The van der Waals surface area contributed by atoms with Crippen molar-refractivity contribution in [3.63, 3.8) is 0 Å². The first kappa shape index (κ1) is 23.7. The number of para-hydroxylation sites is 1. The van der Waals surface area contributed by atoms with Gasteiger partial charge in [0.1, 0.15) is 0 Å². The zero-order chi connectivity index (χ0) is 23.6. The van der Waals surface area contributed by atoms with Crippen LogP contribution < -0.4 is 16.0 Å². The second-order valence-electron chi connectivity index (χ2n) is 8.26. The molecule has 2 aromatic carbocycles. The summed E-state index contributed by atoms with van der Waals surface area (Å²) in [5.41, 5.74) is 6.67. The van der Waals surface area contributed by atoms with Gasteiger partial charge in [-0.2, -0.15) is 12.6 Å². The number of carbonyl (C=O) groups is 3. The Hall–Kier alpha value is -2.97. The van der Waals surface area contributed by atoms with Crippen molar-refractivity contribution in [3.8, 4) is 0 Å². The predicted octanol–water partition coefficient (Wildman–Crippen LogP) is 2.18. The number of nitrogens with one attached hydrogen (secondary N) is 1. The van der Waals surface area contributed by atoms with Gasteiger partial charge < -0.3 is 10.2 Å². The number of aliphatic imine (C=N–C) groups is 1. The lowest BCUT2D eigenvalue weighted by atomic mass is 9.97. The molecule has 32 heavy (non-hydrogen) atoms. The van der Waals surface area contributed by atoms with Gasteiger partial charge in [0.25, 0.3) is 5.91 Å². The van der Waals surface area contributed by atoms with Crippen LogP contribution in [0.2, 0.25) is 0 Å². The standard InChI is InChI=1S/C24H28N4O3S/c1-14(2)20(32)22(30)26-15(3)21(29)24(25)23(31)28(4)18-13-9-8-12-17(18)19(27-24)16-10-6-5-7-11-16/h5-15,20,32H,25H2,1-4H3,(H,26,30)/t15-,20?,24?/m0/s1. The number of nitrogens with two attached hydrogens (primary N) is 1. The third-order valence-electron chi connectivity index (χ3n) is 5.51. The number of rotatable bonds is 6. The molecule has 0 aliphatic carbocycles. The smallest absolute Gasteiger partial charge is 0.277 e. The summed E-state index contributed by atoms with van der Waals surface area (Å²) < 4.78 is 0. The van der Waals surface area contributed by atoms with Crippen molar-refractivity contribution in [2.75, 3.05) is 11.9 Å². The van der Waals surface area contributed by atoms with E-state index in [4.69, 9.17) is 5.73 Å². The summed E-state index contributed by atoms with van der Waals surface area (Å²) in [4.78, 5) is 45.2. The van der Waals surface area contributed by atoms with E-state index in [9.17, 15) is 14.4 Å². The Bertz CT molecular complexity index is 1070. The number of Topliss-reactive ketones (excluding diaryl/α,β-unsaturated/α-hetero) is 1. The SMILES string of the molecule is CC(C)C(S)C(=O)N[C@@H](C)C(=O)C1(N)N=C(c2ccccc2)c2ccccc2N(C)C1=O. The fourth-order valence-electron chi connectivity index (χ4n) is 3.59. The third-order valence-corrected chi connectivity index (χ3v) is 6.35. The topological polar surface area (TPSA) is 105 Å². The molecule has 0 spiro atoms. The molecule has 1 heterocycles. The van der Waals surface area contributed by atoms with E-state index in [0.29, 0.717) is 17.0 Å². The van der Waals surface area contributed by atoms with Gasteiger partial charge in [0.15, 0.2) is 0 Å². The number of ketones is 1. The number of nitrogens with zero attached hydrogens (tertiary/aromatic N) is 2. The first-order chi connectivity index (χ1) is 15.1. The molecule has 0 saturated heterocycles. The van der Waals surface area contributed by atoms with Crippen LogP contribution in [0.4, 0.5) is 5.69 Å². The Morgan fingerprint density at radius 2 is 1.66 bits per heavy atom. The Balaban J connectivity index is 2.09. The minimum absolute atomic E-state index is 0.0321. The van der Waals surface area contributed by atoms with Crippen LogP contribution in [0.25, 0.3) is 0 Å². The lowest BCUT2D eigenvalue weighted by Crippen LogP contribution is -2.63. The van der Waals surface area contributed by atoms with E-state index in [1.807, 2.05) is 56.3 Å². The summed E-state index contributed by atoms with van der Waals surface area (Å²) in [5.74, 6) is -1.81. The van der Waals surface area contributed by atoms with Crippen LogP contribution in [-0.4, -0.2) is 47.3 Å². The fraction of sp³-hybridized carbons (Fsp3) is 0.333. The summed E-state index contributed by atoms with van der Waals surface area (Å²) in [7, 11) is 1.56. The molecule has 3 N–H and O–H groups in total. The number of benzodiazepines with no additional fused rings is 1. The van der Waals surface area contributed by atoms with Crippen LogP contribution in [0.5, 0.6) is 0 Å².